The lowest BCUT2D eigenvalue weighted by molar-refractivity contribution is 0.0908. The Morgan fingerprint density at radius 1 is 0.933 bits per heavy atom. The molecule has 0 N–H and O–H groups in total. The Labute approximate surface area is 175 Å². The van der Waals surface area contributed by atoms with Gasteiger partial charge in [0.2, 0.25) is 5.91 Å². The van der Waals surface area contributed by atoms with E-state index in [-0.39, 0.29) is 5.91 Å². The monoisotopic (exact) mass is 396 g/mol. The topological polar surface area (TPSA) is 34.5 Å². The van der Waals surface area contributed by atoms with Gasteiger partial charge in [-0.25, -0.2) is 0 Å². The lowest BCUT2D eigenvalue weighted by Gasteiger charge is -2.30. The minimum atomic E-state index is 0.192. The highest BCUT2D eigenvalue weighted by Gasteiger charge is 2.29. The van der Waals surface area contributed by atoms with Crippen molar-refractivity contribution in [2.75, 3.05) is 13.7 Å². The van der Waals surface area contributed by atoms with Crippen LogP contribution in [0, 0.1) is 0 Å². The summed E-state index contributed by atoms with van der Waals surface area (Å²) in [5.41, 5.74) is 7.53. The van der Waals surface area contributed by atoms with Crippen LogP contribution in [0.4, 0.5) is 0 Å². The highest BCUT2D eigenvalue weighted by atomic mass is 16.5. The van der Waals surface area contributed by atoms with E-state index in [1.54, 1.807) is 7.11 Å². The van der Waals surface area contributed by atoms with E-state index >= 15 is 0 Å². The second-order valence-electron chi connectivity index (χ2n) is 8.43. The van der Waals surface area contributed by atoms with Crippen LogP contribution in [0.2, 0.25) is 0 Å². The van der Waals surface area contributed by atoms with E-state index < -0.39 is 0 Å². The van der Waals surface area contributed by atoms with Crippen LogP contribution in [-0.4, -0.2) is 29.0 Å². The molecule has 30 heavy (non-hydrogen) atoms. The van der Waals surface area contributed by atoms with Gasteiger partial charge in [-0.2, -0.15) is 0 Å². The number of carbonyl (C=O) groups is 1. The summed E-state index contributed by atoms with van der Waals surface area (Å²) in [6.45, 7) is 2.94. The molecule has 3 aromatic carbocycles. The van der Waals surface area contributed by atoms with Crippen molar-refractivity contribution in [1.82, 2.24) is 9.47 Å². The van der Waals surface area contributed by atoms with Crippen molar-refractivity contribution in [1.29, 1.82) is 0 Å². The number of methoxy groups -OCH3 is 1. The Bertz CT molecular complexity index is 1300. The highest BCUT2D eigenvalue weighted by molar-refractivity contribution is 6.19. The first-order chi connectivity index (χ1) is 14.7. The quantitative estimate of drug-likeness (QED) is 0.492. The second-order valence-corrected chi connectivity index (χ2v) is 8.43. The van der Waals surface area contributed by atoms with E-state index in [0.717, 1.165) is 54.6 Å². The van der Waals surface area contributed by atoms with Gasteiger partial charge in [-0.15, -0.1) is 0 Å². The van der Waals surface area contributed by atoms with Crippen LogP contribution >= 0.6 is 0 Å². The van der Waals surface area contributed by atoms with Crippen LogP contribution in [-0.2, 0) is 25.9 Å². The summed E-state index contributed by atoms with van der Waals surface area (Å²) in [6, 6.07) is 19.1. The van der Waals surface area contributed by atoms with Gasteiger partial charge in [-0.1, -0.05) is 42.5 Å². The van der Waals surface area contributed by atoms with Gasteiger partial charge < -0.3 is 4.74 Å². The van der Waals surface area contributed by atoms with Gasteiger partial charge in [0.05, 0.1) is 23.5 Å². The molecule has 2 aliphatic heterocycles. The van der Waals surface area contributed by atoms with Gasteiger partial charge in [0.1, 0.15) is 5.75 Å². The van der Waals surface area contributed by atoms with Crippen molar-refractivity contribution in [3.63, 3.8) is 0 Å². The molecular weight excluding hydrogens is 372 g/mol. The maximum absolute atomic E-state index is 12.9. The summed E-state index contributed by atoms with van der Waals surface area (Å²) in [5, 5.41) is 2.34. The summed E-state index contributed by atoms with van der Waals surface area (Å²) < 4.78 is 7.69. The summed E-state index contributed by atoms with van der Waals surface area (Å²) >= 11 is 0. The average Bonchev–Trinajstić information content (AvgIpc) is 3.14. The molecule has 150 valence electrons. The lowest BCUT2D eigenvalue weighted by Crippen LogP contribution is -2.30. The molecule has 0 spiro atoms. The third-order valence-electron chi connectivity index (χ3n) is 6.70. The molecular formula is C26H24N2O2. The molecule has 0 fully saturated rings. The lowest BCUT2D eigenvalue weighted by atomic mass is 9.89. The van der Waals surface area contributed by atoms with Crippen molar-refractivity contribution in [2.24, 2.45) is 0 Å². The predicted molar refractivity (Wildman–Crippen MR) is 119 cm³/mol. The van der Waals surface area contributed by atoms with Crippen LogP contribution in [0.1, 0.15) is 33.5 Å². The van der Waals surface area contributed by atoms with Gasteiger partial charge in [-0.05, 0) is 47.2 Å². The maximum Gasteiger partial charge on any atom is 0.231 e. The number of hydrogen-bond donors (Lipinski definition) is 0. The van der Waals surface area contributed by atoms with Crippen LogP contribution in [0.5, 0.6) is 5.75 Å². The Morgan fingerprint density at radius 3 is 2.63 bits per heavy atom. The standard InChI is InChI=1S/C26H24N2O2/c1-30-22-9-5-8-21-25(22)24-20-12-13-27(15-17-6-3-2-4-7-17)16-19(20)14-18-10-11-23(29)28(21)26(18)24/h2-9,14H,10-13,15-16H2,1H3. The summed E-state index contributed by atoms with van der Waals surface area (Å²) in [5.74, 6) is 1.05. The number of carbonyl (C=O) groups excluding carboxylic acids is 1. The molecule has 4 heteroatoms. The van der Waals surface area contributed by atoms with E-state index in [9.17, 15) is 4.79 Å². The normalized spacial score (nSPS) is 16.2. The molecule has 1 aromatic heterocycles. The molecule has 0 atom stereocenters. The summed E-state index contributed by atoms with van der Waals surface area (Å²) in [6.07, 6.45) is 2.37. The van der Waals surface area contributed by atoms with Crippen molar-refractivity contribution < 1.29 is 9.53 Å². The number of ether oxygens (including phenoxy) is 1. The molecule has 0 bridgehead atoms. The van der Waals surface area contributed by atoms with E-state index in [1.807, 2.05) is 16.7 Å². The molecule has 0 radical (unpaired) electrons. The minimum absolute atomic E-state index is 0.192. The number of hydrogen-bond acceptors (Lipinski definition) is 3. The van der Waals surface area contributed by atoms with Crippen molar-refractivity contribution in [2.45, 2.75) is 32.4 Å². The van der Waals surface area contributed by atoms with Crippen LogP contribution < -0.4 is 4.74 Å². The van der Waals surface area contributed by atoms with Crippen molar-refractivity contribution in [3.8, 4) is 5.75 Å². The van der Waals surface area contributed by atoms with Gasteiger partial charge in [0.15, 0.2) is 0 Å². The van der Waals surface area contributed by atoms with Gasteiger partial charge in [0, 0.05) is 31.4 Å². The van der Waals surface area contributed by atoms with Crippen LogP contribution in [0.25, 0.3) is 21.8 Å². The van der Waals surface area contributed by atoms with Gasteiger partial charge in [-0.3, -0.25) is 14.3 Å². The SMILES string of the molecule is COc1cccc2c1c1c3c(cc4c1n2C(=O)CC4)CN(Cc1ccccc1)CC3. The van der Waals surface area contributed by atoms with E-state index in [1.165, 1.54) is 27.6 Å². The molecule has 4 aromatic rings. The number of rotatable bonds is 3. The van der Waals surface area contributed by atoms with E-state index in [4.69, 9.17) is 4.74 Å². The summed E-state index contributed by atoms with van der Waals surface area (Å²) in [4.78, 5) is 15.4. The van der Waals surface area contributed by atoms with Crippen LogP contribution in [0.3, 0.4) is 0 Å². The number of aromatic nitrogens is 1. The first-order valence-corrected chi connectivity index (χ1v) is 10.7. The van der Waals surface area contributed by atoms with Gasteiger partial charge in [0.25, 0.3) is 0 Å². The zero-order valence-corrected chi connectivity index (χ0v) is 17.1. The molecule has 3 heterocycles. The second kappa shape index (κ2) is 6.71. The predicted octanol–water partition coefficient (Wildman–Crippen LogP) is 4.95. The third kappa shape index (κ3) is 2.53. The Kier molecular flexibility index (Phi) is 3.96. The smallest absolute Gasteiger partial charge is 0.231 e. The van der Waals surface area contributed by atoms with Crippen LogP contribution in [0.15, 0.2) is 54.6 Å². The first-order valence-electron chi connectivity index (χ1n) is 10.7. The number of nitrogens with zero attached hydrogens (tertiary/aromatic N) is 2. The molecule has 2 aliphatic rings. The maximum atomic E-state index is 12.9. The zero-order chi connectivity index (χ0) is 20.2. The van der Waals surface area contributed by atoms with E-state index in [0.29, 0.717) is 6.42 Å². The average molecular weight is 396 g/mol. The zero-order valence-electron chi connectivity index (χ0n) is 17.1. The number of fused-ring (bicyclic) bond motifs is 5. The molecule has 4 nitrogen and oxygen atoms in total. The Hall–Kier alpha value is -3.11. The fraction of sp³-hybridized carbons (Fsp3) is 0.269. The highest BCUT2D eigenvalue weighted by Crippen LogP contribution is 2.43. The Balaban J connectivity index is 1.55. The first kappa shape index (κ1) is 17.7. The molecule has 0 saturated carbocycles. The Morgan fingerprint density at radius 2 is 1.80 bits per heavy atom. The largest absolute Gasteiger partial charge is 0.496 e. The summed E-state index contributed by atoms with van der Waals surface area (Å²) in [7, 11) is 1.72. The molecule has 6 rings (SSSR count). The number of aryl methyl sites for hydroxylation is 1. The van der Waals surface area contributed by atoms with Crippen molar-refractivity contribution >= 4 is 27.7 Å². The molecule has 0 aliphatic carbocycles. The van der Waals surface area contributed by atoms with E-state index in [2.05, 4.69) is 47.4 Å². The molecule has 0 unspecified atom stereocenters. The fourth-order valence-electron chi connectivity index (χ4n) is 5.40. The molecule has 0 amide bonds. The fourth-order valence-corrected chi connectivity index (χ4v) is 5.40. The van der Waals surface area contributed by atoms with Gasteiger partial charge >= 0.3 is 0 Å². The number of benzene rings is 3. The third-order valence-corrected chi connectivity index (χ3v) is 6.70. The minimum Gasteiger partial charge on any atom is -0.496 e. The molecule has 0 saturated heterocycles. The van der Waals surface area contributed by atoms with Crippen molar-refractivity contribution in [3.05, 3.63) is 76.9 Å².